The third kappa shape index (κ3) is 4.99. The molecule has 4 aliphatic carbocycles. The molecule has 0 radical (unpaired) electrons. The van der Waals surface area contributed by atoms with Crippen LogP contribution in [0.15, 0.2) is 5.16 Å². The van der Waals surface area contributed by atoms with E-state index in [4.69, 9.17) is 13.7 Å². The lowest BCUT2D eigenvalue weighted by molar-refractivity contribution is -0.163. The van der Waals surface area contributed by atoms with Gasteiger partial charge in [0.1, 0.15) is 7.11 Å². The fourth-order valence-corrected chi connectivity index (χ4v) is 11.7. The molecule has 0 N–H and O–H groups in total. The van der Waals surface area contributed by atoms with E-state index in [0.717, 1.165) is 17.8 Å². The largest absolute Gasteiger partial charge is 0.415 e. The van der Waals surface area contributed by atoms with Gasteiger partial charge in [0.15, 0.2) is 16.6 Å². The van der Waals surface area contributed by atoms with Crippen LogP contribution in [0.1, 0.15) is 72.1 Å². The number of oxime groups is 1. The Labute approximate surface area is 212 Å². The summed E-state index contributed by atoms with van der Waals surface area (Å²) in [6, 6.07) is 0. The number of hydrogen-bond acceptors (Lipinski definition) is 4. The Morgan fingerprint density at radius 1 is 0.765 bits per heavy atom. The van der Waals surface area contributed by atoms with Gasteiger partial charge in [0.2, 0.25) is 0 Å². The maximum absolute atomic E-state index is 7.09. The molecule has 34 heavy (non-hydrogen) atoms. The van der Waals surface area contributed by atoms with E-state index in [-0.39, 0.29) is 0 Å². The van der Waals surface area contributed by atoms with E-state index in [1.807, 2.05) is 0 Å². The monoisotopic (exact) mass is 507 g/mol. The average molecular weight is 508 g/mol. The van der Waals surface area contributed by atoms with E-state index in [1.165, 1.54) is 57.1 Å². The van der Waals surface area contributed by atoms with E-state index in [2.05, 4.69) is 65.2 Å². The van der Waals surface area contributed by atoms with Crippen molar-refractivity contribution in [3.8, 4) is 0 Å². The zero-order chi connectivity index (χ0) is 25.1. The zero-order valence-corrected chi connectivity index (χ0v) is 25.9. The summed E-state index contributed by atoms with van der Waals surface area (Å²) < 4.78 is 13.8. The predicted octanol–water partition coefficient (Wildman–Crippen LogP) is 7.72. The summed E-state index contributed by atoms with van der Waals surface area (Å²) in [6.45, 7) is 21.6. The lowest BCUT2D eigenvalue weighted by Crippen LogP contribution is -2.60. The van der Waals surface area contributed by atoms with Crippen LogP contribution < -0.4 is 0 Å². The summed E-state index contributed by atoms with van der Waals surface area (Å²) in [6.07, 6.45) is 11.2. The molecule has 4 saturated carbocycles. The van der Waals surface area contributed by atoms with E-state index >= 15 is 0 Å². The molecule has 0 spiro atoms. The second-order valence-electron chi connectivity index (χ2n) is 14.7. The van der Waals surface area contributed by atoms with Gasteiger partial charge in [-0.3, -0.25) is 0 Å². The van der Waals surface area contributed by atoms with Crippen LogP contribution in [0.3, 0.4) is 0 Å². The van der Waals surface area contributed by atoms with Gasteiger partial charge in [0.05, 0.1) is 5.71 Å². The SMILES string of the molecule is CO/N=C(\C)[C@H]1CC[C@H]2[C@@H]3C[C@H](O[Si](C)(C)C)[C@@H]4C[C@H](O[Si](C)(C)C)CC[C@]4(C)[C@H]3CC[C@]12C. The van der Waals surface area contributed by atoms with Crippen LogP contribution in [0.4, 0.5) is 0 Å². The van der Waals surface area contributed by atoms with Gasteiger partial charge in [-0.15, -0.1) is 0 Å². The van der Waals surface area contributed by atoms with E-state index in [9.17, 15) is 0 Å². The van der Waals surface area contributed by atoms with E-state index in [1.54, 1.807) is 7.11 Å². The summed E-state index contributed by atoms with van der Waals surface area (Å²) in [4.78, 5) is 5.21. The molecule has 0 aromatic heterocycles. The quantitative estimate of drug-likeness (QED) is 0.210. The topological polar surface area (TPSA) is 40.0 Å². The summed E-state index contributed by atoms with van der Waals surface area (Å²) >= 11 is 0. The number of hydrogen-bond donors (Lipinski definition) is 0. The van der Waals surface area contributed by atoms with Gasteiger partial charge in [0.25, 0.3) is 0 Å². The van der Waals surface area contributed by atoms with Crippen molar-refractivity contribution in [3.05, 3.63) is 0 Å². The molecule has 4 fully saturated rings. The van der Waals surface area contributed by atoms with Crippen molar-refractivity contribution >= 4 is 22.3 Å². The van der Waals surface area contributed by atoms with Gasteiger partial charge in [-0.25, -0.2) is 0 Å². The Morgan fingerprint density at radius 3 is 2.00 bits per heavy atom. The van der Waals surface area contributed by atoms with Crippen molar-refractivity contribution in [2.75, 3.05) is 7.11 Å². The van der Waals surface area contributed by atoms with Gasteiger partial charge < -0.3 is 13.7 Å². The minimum atomic E-state index is -1.64. The number of nitrogens with zero attached hydrogens (tertiary/aromatic N) is 1. The minimum Gasteiger partial charge on any atom is -0.415 e. The third-order valence-electron chi connectivity index (χ3n) is 10.4. The molecule has 0 aromatic rings. The van der Waals surface area contributed by atoms with Gasteiger partial charge >= 0.3 is 0 Å². The first kappa shape index (κ1) is 26.9. The van der Waals surface area contributed by atoms with Crippen molar-refractivity contribution < 1.29 is 13.7 Å². The van der Waals surface area contributed by atoms with Crippen LogP contribution in [-0.4, -0.2) is 41.7 Å². The van der Waals surface area contributed by atoms with Crippen molar-refractivity contribution in [2.45, 2.75) is 124 Å². The first-order valence-corrected chi connectivity index (χ1v) is 20.9. The molecule has 0 aromatic carbocycles. The molecule has 9 atom stereocenters. The lowest BCUT2D eigenvalue weighted by atomic mass is 9.44. The van der Waals surface area contributed by atoms with E-state index < -0.39 is 16.6 Å². The molecule has 4 nitrogen and oxygen atoms in total. The first-order valence-electron chi connectivity index (χ1n) is 14.1. The Kier molecular flexibility index (Phi) is 7.34. The molecule has 0 aliphatic heterocycles. The molecule has 0 bridgehead atoms. The third-order valence-corrected chi connectivity index (χ3v) is 12.4. The standard InChI is InChI=1S/C28H53NO3Si2/c1-19(29-30-4)22-11-12-23-21-18-26(32-34(8,9)10)25-17-20(31-33(5,6)7)13-15-28(25,3)24(21)14-16-27(22,23)2/h20-26H,11-18H2,1-10H3/b29-19+/t20-,21+,22-,23+,24+,25+,26+,27-,28-/m1/s1. The average Bonchev–Trinajstić information content (AvgIpc) is 3.04. The van der Waals surface area contributed by atoms with Crippen LogP contribution in [0.25, 0.3) is 0 Å². The van der Waals surface area contributed by atoms with Gasteiger partial charge in [-0.05, 0) is 132 Å². The highest BCUT2D eigenvalue weighted by Gasteiger charge is 2.63. The number of rotatable bonds is 6. The smallest absolute Gasteiger partial charge is 0.184 e. The van der Waals surface area contributed by atoms with Crippen molar-refractivity contribution in [1.82, 2.24) is 0 Å². The fraction of sp³-hybridized carbons (Fsp3) is 0.964. The fourth-order valence-electron chi connectivity index (χ4n) is 9.32. The molecule has 0 heterocycles. The Morgan fingerprint density at radius 2 is 1.38 bits per heavy atom. The minimum absolute atomic E-state index is 0.359. The molecule has 4 aliphatic rings. The second kappa shape index (κ2) is 9.29. The summed E-state index contributed by atoms with van der Waals surface area (Å²) in [5.74, 6) is 3.63. The molecular formula is C28H53NO3Si2. The van der Waals surface area contributed by atoms with E-state index in [0.29, 0.717) is 34.9 Å². The zero-order valence-electron chi connectivity index (χ0n) is 23.9. The normalized spacial score (nSPS) is 45.4. The van der Waals surface area contributed by atoms with Crippen LogP contribution in [0.2, 0.25) is 39.3 Å². The predicted molar refractivity (Wildman–Crippen MR) is 147 cm³/mol. The van der Waals surface area contributed by atoms with Gasteiger partial charge in [0, 0.05) is 18.1 Å². The van der Waals surface area contributed by atoms with Crippen LogP contribution in [0, 0.1) is 40.4 Å². The highest BCUT2D eigenvalue weighted by atomic mass is 28.4. The number of fused-ring (bicyclic) bond motifs is 5. The maximum atomic E-state index is 7.09. The Bertz CT molecular complexity index is 775. The molecular weight excluding hydrogens is 454 g/mol. The van der Waals surface area contributed by atoms with Crippen LogP contribution in [-0.2, 0) is 13.7 Å². The Balaban J connectivity index is 1.64. The highest BCUT2D eigenvalue weighted by molar-refractivity contribution is 6.70. The van der Waals surface area contributed by atoms with Gasteiger partial charge in [-0.2, -0.15) is 0 Å². The molecule has 4 rings (SSSR count). The van der Waals surface area contributed by atoms with Crippen LogP contribution >= 0.6 is 0 Å². The first-order chi connectivity index (χ1) is 15.7. The second-order valence-corrected chi connectivity index (χ2v) is 23.6. The lowest BCUT2D eigenvalue weighted by Gasteiger charge is -2.63. The van der Waals surface area contributed by atoms with Crippen molar-refractivity contribution in [3.63, 3.8) is 0 Å². The van der Waals surface area contributed by atoms with Crippen molar-refractivity contribution in [1.29, 1.82) is 0 Å². The summed E-state index contributed by atoms with van der Waals surface area (Å²) in [5.41, 5.74) is 1.96. The summed E-state index contributed by atoms with van der Waals surface area (Å²) in [7, 11) is -1.48. The summed E-state index contributed by atoms with van der Waals surface area (Å²) in [5, 5.41) is 4.41. The molecule has 0 saturated heterocycles. The molecule has 196 valence electrons. The molecule has 6 heteroatoms. The van der Waals surface area contributed by atoms with Crippen LogP contribution in [0.5, 0.6) is 0 Å². The molecule has 0 amide bonds. The Hall–Kier alpha value is -0.176. The van der Waals surface area contributed by atoms with Gasteiger partial charge in [-0.1, -0.05) is 19.0 Å². The molecule has 0 unspecified atom stereocenters. The highest BCUT2D eigenvalue weighted by Crippen LogP contribution is 2.68. The maximum Gasteiger partial charge on any atom is 0.184 e. The van der Waals surface area contributed by atoms with Crippen molar-refractivity contribution in [2.24, 2.45) is 45.6 Å².